The highest BCUT2D eigenvalue weighted by Crippen LogP contribution is 2.49. The normalized spacial score (nSPS) is 13.1. The molecule has 0 saturated carbocycles. The van der Waals surface area contributed by atoms with E-state index in [1.54, 1.807) is 11.3 Å². The first-order valence-electron chi connectivity index (χ1n) is 18.2. The van der Waals surface area contributed by atoms with Crippen LogP contribution < -0.4 is 0 Å². The Balaban J connectivity index is 1.06. The molecule has 4 heterocycles. The van der Waals surface area contributed by atoms with Crippen LogP contribution in [-0.4, -0.2) is 24.9 Å². The molecular formula is C48H31N5S. The molecule has 1 aliphatic rings. The van der Waals surface area contributed by atoms with Gasteiger partial charge in [-0.25, -0.2) is 24.9 Å². The summed E-state index contributed by atoms with van der Waals surface area (Å²) in [6.07, 6.45) is 0. The van der Waals surface area contributed by atoms with Crippen LogP contribution in [-0.2, 0) is 5.41 Å². The fourth-order valence-corrected chi connectivity index (χ4v) is 9.28. The van der Waals surface area contributed by atoms with Gasteiger partial charge >= 0.3 is 0 Å². The number of hydrogen-bond acceptors (Lipinski definition) is 6. The first kappa shape index (κ1) is 30.9. The molecule has 10 aromatic rings. The third-order valence-corrected chi connectivity index (χ3v) is 12.1. The molecule has 254 valence electrons. The Morgan fingerprint density at radius 2 is 1.02 bits per heavy atom. The average molecular weight is 710 g/mol. The lowest BCUT2D eigenvalue weighted by Crippen LogP contribution is -2.14. The van der Waals surface area contributed by atoms with Crippen LogP contribution >= 0.6 is 11.3 Å². The summed E-state index contributed by atoms with van der Waals surface area (Å²) in [6, 6.07) is 53.2. The number of pyridine rings is 2. The van der Waals surface area contributed by atoms with E-state index in [9.17, 15) is 0 Å². The van der Waals surface area contributed by atoms with E-state index in [1.807, 2.05) is 36.4 Å². The molecule has 6 heteroatoms. The van der Waals surface area contributed by atoms with Crippen molar-refractivity contribution in [1.82, 2.24) is 24.9 Å². The monoisotopic (exact) mass is 709 g/mol. The molecule has 0 unspecified atom stereocenters. The molecule has 0 saturated heterocycles. The summed E-state index contributed by atoms with van der Waals surface area (Å²) in [5, 5.41) is 4.54. The van der Waals surface area contributed by atoms with Crippen LogP contribution in [0.4, 0.5) is 0 Å². The summed E-state index contributed by atoms with van der Waals surface area (Å²) in [5.41, 5.74) is 11.4. The van der Waals surface area contributed by atoms with Gasteiger partial charge in [-0.3, -0.25) is 0 Å². The number of benzene rings is 6. The number of hydrogen-bond donors (Lipinski definition) is 0. The summed E-state index contributed by atoms with van der Waals surface area (Å²) in [4.78, 5) is 25.6. The van der Waals surface area contributed by atoms with E-state index in [0.717, 1.165) is 44.2 Å². The lowest BCUT2D eigenvalue weighted by atomic mass is 9.82. The first-order chi connectivity index (χ1) is 26.5. The van der Waals surface area contributed by atoms with E-state index >= 15 is 0 Å². The minimum atomic E-state index is -0.0432. The van der Waals surface area contributed by atoms with Crippen molar-refractivity contribution in [2.45, 2.75) is 19.3 Å². The largest absolute Gasteiger partial charge is 0.245 e. The topological polar surface area (TPSA) is 64.5 Å². The number of aromatic nitrogens is 5. The van der Waals surface area contributed by atoms with Gasteiger partial charge in [0.15, 0.2) is 17.5 Å². The fourth-order valence-electron chi connectivity index (χ4n) is 8.13. The zero-order valence-electron chi connectivity index (χ0n) is 29.6. The van der Waals surface area contributed by atoms with Crippen molar-refractivity contribution in [1.29, 1.82) is 0 Å². The Morgan fingerprint density at radius 3 is 1.85 bits per heavy atom. The van der Waals surface area contributed by atoms with Crippen molar-refractivity contribution in [3.63, 3.8) is 0 Å². The average Bonchev–Trinajstić information content (AvgIpc) is 3.71. The minimum absolute atomic E-state index is 0.0432. The first-order valence-corrected chi connectivity index (χ1v) is 19.0. The molecule has 0 atom stereocenters. The predicted molar refractivity (Wildman–Crippen MR) is 223 cm³/mol. The van der Waals surface area contributed by atoms with E-state index < -0.39 is 0 Å². The van der Waals surface area contributed by atoms with Gasteiger partial charge in [0.25, 0.3) is 0 Å². The Bertz CT molecular complexity index is 3150. The van der Waals surface area contributed by atoms with Gasteiger partial charge in [0.1, 0.15) is 5.69 Å². The highest BCUT2D eigenvalue weighted by Gasteiger charge is 2.35. The zero-order valence-corrected chi connectivity index (χ0v) is 30.4. The van der Waals surface area contributed by atoms with Crippen molar-refractivity contribution >= 4 is 53.3 Å². The molecule has 1 aliphatic carbocycles. The van der Waals surface area contributed by atoms with Gasteiger partial charge in [-0.1, -0.05) is 135 Å². The van der Waals surface area contributed by atoms with Gasteiger partial charge in [0.05, 0.1) is 16.7 Å². The zero-order chi connectivity index (χ0) is 36.0. The third kappa shape index (κ3) is 4.80. The summed E-state index contributed by atoms with van der Waals surface area (Å²) in [6.45, 7) is 4.62. The maximum absolute atomic E-state index is 5.29. The van der Waals surface area contributed by atoms with Crippen LogP contribution in [0.15, 0.2) is 152 Å². The van der Waals surface area contributed by atoms with Crippen LogP contribution in [0, 0.1) is 0 Å². The maximum Gasteiger partial charge on any atom is 0.182 e. The van der Waals surface area contributed by atoms with Gasteiger partial charge < -0.3 is 0 Å². The number of rotatable bonds is 4. The van der Waals surface area contributed by atoms with Crippen molar-refractivity contribution in [3.8, 4) is 56.7 Å². The quantitative estimate of drug-likeness (QED) is 0.170. The van der Waals surface area contributed by atoms with Crippen molar-refractivity contribution in [3.05, 3.63) is 163 Å². The molecular weight excluding hydrogens is 679 g/mol. The van der Waals surface area contributed by atoms with Crippen molar-refractivity contribution < 1.29 is 0 Å². The van der Waals surface area contributed by atoms with Crippen molar-refractivity contribution in [2.75, 3.05) is 0 Å². The summed E-state index contributed by atoms with van der Waals surface area (Å²) in [7, 11) is 0. The second-order valence-electron chi connectivity index (χ2n) is 14.5. The van der Waals surface area contributed by atoms with E-state index in [2.05, 4.69) is 129 Å². The fraction of sp³-hybridized carbons (Fsp3) is 0.0625. The Labute approximate surface area is 315 Å². The smallest absolute Gasteiger partial charge is 0.182 e. The van der Waals surface area contributed by atoms with E-state index in [1.165, 1.54) is 42.4 Å². The molecule has 6 aromatic carbocycles. The molecule has 0 aliphatic heterocycles. The molecule has 5 nitrogen and oxygen atoms in total. The number of fused-ring (bicyclic) bond motifs is 9. The van der Waals surface area contributed by atoms with Crippen molar-refractivity contribution in [2.24, 2.45) is 0 Å². The van der Waals surface area contributed by atoms with Crippen LogP contribution in [0.5, 0.6) is 0 Å². The Morgan fingerprint density at radius 1 is 0.407 bits per heavy atom. The highest BCUT2D eigenvalue weighted by molar-refractivity contribution is 7.25. The van der Waals surface area contributed by atoms with Gasteiger partial charge in [-0.15, -0.1) is 11.3 Å². The van der Waals surface area contributed by atoms with Gasteiger partial charge in [0.2, 0.25) is 0 Å². The molecule has 0 radical (unpaired) electrons. The molecule has 11 rings (SSSR count). The standard InChI is InChI=1S/C48H31N5S/c1-48(2)37-14-8-6-12-33(37)36-26-31(19-23-38(36)48)39-24-20-28-16-17-29-21-25-40(50-44(29)43(28)49-39)47-52-45(30-10-4-3-5-11-30)51-46(53-47)32-18-22-35-34-13-7-9-15-41(34)54-42(35)27-32/h3-27H,1-2H3. The highest BCUT2D eigenvalue weighted by atomic mass is 32.1. The van der Waals surface area contributed by atoms with E-state index in [0.29, 0.717) is 23.2 Å². The molecule has 0 amide bonds. The molecule has 0 bridgehead atoms. The van der Waals surface area contributed by atoms with Crippen LogP contribution in [0.25, 0.3) is 98.7 Å². The molecule has 54 heavy (non-hydrogen) atoms. The minimum Gasteiger partial charge on any atom is -0.245 e. The van der Waals surface area contributed by atoms with E-state index in [-0.39, 0.29) is 5.41 Å². The predicted octanol–water partition coefficient (Wildman–Crippen LogP) is 12.3. The second-order valence-corrected chi connectivity index (χ2v) is 15.6. The lowest BCUT2D eigenvalue weighted by molar-refractivity contribution is 0.660. The van der Waals surface area contributed by atoms with Crippen LogP contribution in [0.2, 0.25) is 0 Å². The van der Waals surface area contributed by atoms with Crippen LogP contribution in [0.1, 0.15) is 25.0 Å². The maximum atomic E-state index is 5.29. The molecule has 0 fully saturated rings. The lowest BCUT2D eigenvalue weighted by Gasteiger charge is -2.21. The molecule has 0 spiro atoms. The summed E-state index contributed by atoms with van der Waals surface area (Å²) < 4.78 is 2.46. The second kappa shape index (κ2) is 11.7. The van der Waals surface area contributed by atoms with Gasteiger partial charge in [0, 0.05) is 53.1 Å². The summed E-state index contributed by atoms with van der Waals surface area (Å²) >= 11 is 1.79. The number of nitrogens with zero attached hydrogens (tertiary/aromatic N) is 5. The summed E-state index contributed by atoms with van der Waals surface area (Å²) in [5.74, 6) is 1.73. The van der Waals surface area contributed by atoms with Crippen LogP contribution in [0.3, 0.4) is 0 Å². The van der Waals surface area contributed by atoms with Gasteiger partial charge in [-0.2, -0.15) is 0 Å². The van der Waals surface area contributed by atoms with E-state index in [4.69, 9.17) is 24.9 Å². The Kier molecular flexibility index (Phi) is 6.70. The SMILES string of the molecule is CC1(C)c2ccccc2-c2cc(-c3ccc4ccc5ccc(-c6nc(-c7ccccc7)nc(-c7ccc8c(c7)sc7ccccc78)n6)nc5c4n3)ccc21. The molecule has 4 aromatic heterocycles. The van der Waals surface area contributed by atoms with Gasteiger partial charge in [-0.05, 0) is 52.6 Å². The molecule has 0 N–H and O–H groups in total. The Hall–Kier alpha value is -6.63. The number of thiophene rings is 1. The third-order valence-electron chi connectivity index (χ3n) is 10.9.